The van der Waals surface area contributed by atoms with Crippen molar-refractivity contribution in [1.82, 2.24) is 10.8 Å². The lowest BCUT2D eigenvalue weighted by atomic mass is 9.90. The molecular formula is C8H9Cl3N2O5. The van der Waals surface area contributed by atoms with Crippen LogP contribution in [0.3, 0.4) is 0 Å². The molecule has 0 saturated carbocycles. The molecule has 7 nitrogen and oxygen atoms in total. The summed E-state index contributed by atoms with van der Waals surface area (Å²) in [5.41, 5.74) is 1.92. The minimum absolute atomic E-state index is 0.402. The highest BCUT2D eigenvalue weighted by molar-refractivity contribution is 6.67. The summed E-state index contributed by atoms with van der Waals surface area (Å²) in [5, 5.41) is 2.22. The first-order valence-electron chi connectivity index (χ1n) is 4.63. The lowest BCUT2D eigenvalue weighted by Gasteiger charge is -2.32. The van der Waals surface area contributed by atoms with Crippen molar-refractivity contribution >= 4 is 52.6 Å². The molecule has 1 aliphatic rings. The summed E-state index contributed by atoms with van der Waals surface area (Å²) < 4.78 is 2.71. The van der Waals surface area contributed by atoms with Gasteiger partial charge in [0.1, 0.15) is 18.6 Å². The maximum Gasteiger partial charge on any atom is 0.329 e. The largest absolute Gasteiger partial charge is 0.467 e. The van der Waals surface area contributed by atoms with Crippen LogP contribution in [0, 0.1) is 5.92 Å². The minimum atomic E-state index is -1.70. The monoisotopic (exact) mass is 318 g/mol. The Balaban J connectivity index is 2.46. The fraction of sp³-hybridized carbons (Fsp3) is 0.625. The van der Waals surface area contributed by atoms with Crippen molar-refractivity contribution in [3.8, 4) is 0 Å². The van der Waals surface area contributed by atoms with E-state index in [0.717, 1.165) is 7.11 Å². The number of nitrogens with one attached hydrogen (secondary N) is 2. The van der Waals surface area contributed by atoms with Gasteiger partial charge in [-0.3, -0.25) is 14.4 Å². The Labute approximate surface area is 117 Å². The van der Waals surface area contributed by atoms with E-state index in [1.165, 1.54) is 0 Å². The molecule has 1 rings (SSSR count). The zero-order chi connectivity index (χ0) is 13.9. The third kappa shape index (κ3) is 3.88. The van der Waals surface area contributed by atoms with Crippen LogP contribution in [-0.4, -0.2) is 41.3 Å². The standard InChI is InChI=1S/C8H9Cl3N2O5/c1-17-7(16)4-3(5(14)12-4)6(15)13-18-2-8(9,10)11/h3-4H,2H2,1H3,(H,12,14)(H,13,15). The van der Waals surface area contributed by atoms with Crippen LogP contribution in [0.2, 0.25) is 0 Å². The van der Waals surface area contributed by atoms with Gasteiger partial charge in [0.05, 0.1) is 7.11 Å². The summed E-state index contributed by atoms with van der Waals surface area (Å²) in [6.45, 7) is -0.402. The third-order valence-corrected chi connectivity index (χ3v) is 2.39. The molecule has 2 amide bonds. The van der Waals surface area contributed by atoms with Crippen LogP contribution < -0.4 is 10.8 Å². The Morgan fingerprint density at radius 2 is 2.06 bits per heavy atom. The van der Waals surface area contributed by atoms with Gasteiger partial charge in [0, 0.05) is 0 Å². The van der Waals surface area contributed by atoms with Crippen LogP contribution in [0.4, 0.5) is 0 Å². The Morgan fingerprint density at radius 1 is 1.44 bits per heavy atom. The predicted octanol–water partition coefficient (Wildman–Crippen LogP) is -0.308. The van der Waals surface area contributed by atoms with E-state index in [9.17, 15) is 14.4 Å². The highest BCUT2D eigenvalue weighted by atomic mass is 35.6. The molecule has 0 bridgehead atoms. The molecule has 1 aliphatic heterocycles. The molecule has 0 aromatic rings. The average molecular weight is 320 g/mol. The Morgan fingerprint density at radius 3 is 2.50 bits per heavy atom. The molecule has 2 N–H and O–H groups in total. The summed E-state index contributed by atoms with van der Waals surface area (Å²) in [6, 6.07) is -1.03. The number of hydroxylamine groups is 1. The number of carbonyl (C=O) groups excluding carboxylic acids is 3. The van der Waals surface area contributed by atoms with Gasteiger partial charge in [-0.15, -0.1) is 0 Å². The van der Waals surface area contributed by atoms with Crippen LogP contribution in [0.1, 0.15) is 0 Å². The molecule has 1 saturated heterocycles. The summed E-state index contributed by atoms with van der Waals surface area (Å²) in [5.74, 6) is -3.37. The lowest BCUT2D eigenvalue weighted by Crippen LogP contribution is -2.66. The topological polar surface area (TPSA) is 93.7 Å². The molecule has 0 aliphatic carbocycles. The number of β-lactam (4-membered cyclic amide) rings is 1. The lowest BCUT2D eigenvalue weighted by molar-refractivity contribution is -0.163. The normalized spacial score (nSPS) is 22.8. The van der Waals surface area contributed by atoms with E-state index in [4.69, 9.17) is 34.8 Å². The van der Waals surface area contributed by atoms with Gasteiger partial charge >= 0.3 is 5.97 Å². The third-order valence-electron chi connectivity index (χ3n) is 2.06. The summed E-state index contributed by atoms with van der Waals surface area (Å²) in [4.78, 5) is 38.4. The Kier molecular flexibility index (Phi) is 5.03. The van der Waals surface area contributed by atoms with Gasteiger partial charge in [-0.05, 0) is 0 Å². The number of hydrogen-bond donors (Lipinski definition) is 2. The molecule has 1 fully saturated rings. The van der Waals surface area contributed by atoms with E-state index in [0.29, 0.717) is 0 Å². The number of amides is 2. The van der Waals surface area contributed by atoms with Gasteiger partial charge in [0.25, 0.3) is 5.91 Å². The molecule has 1 heterocycles. The van der Waals surface area contributed by atoms with Crippen LogP contribution in [0.25, 0.3) is 0 Å². The molecule has 0 radical (unpaired) electrons. The van der Waals surface area contributed by atoms with Crippen LogP contribution in [-0.2, 0) is 24.0 Å². The maximum absolute atomic E-state index is 11.5. The van der Waals surface area contributed by atoms with Gasteiger partial charge in [-0.25, -0.2) is 10.3 Å². The molecule has 2 atom stereocenters. The molecule has 0 spiro atoms. The minimum Gasteiger partial charge on any atom is -0.467 e. The average Bonchev–Trinajstić information content (AvgIpc) is 2.22. The van der Waals surface area contributed by atoms with Crippen molar-refractivity contribution in [3.63, 3.8) is 0 Å². The highest BCUT2D eigenvalue weighted by Crippen LogP contribution is 2.25. The smallest absolute Gasteiger partial charge is 0.329 e. The SMILES string of the molecule is COC(=O)C1NC(=O)C1C(=O)NOCC(Cl)(Cl)Cl. The fourth-order valence-corrected chi connectivity index (χ4v) is 1.39. The van der Waals surface area contributed by atoms with E-state index in [2.05, 4.69) is 14.9 Å². The van der Waals surface area contributed by atoms with Crippen LogP contribution >= 0.6 is 34.8 Å². The number of esters is 1. The number of ether oxygens (including phenoxy) is 1. The Hall–Kier alpha value is -0.760. The van der Waals surface area contributed by atoms with Gasteiger partial charge in [0.15, 0.2) is 0 Å². The van der Waals surface area contributed by atoms with Gasteiger partial charge in [-0.1, -0.05) is 34.8 Å². The van der Waals surface area contributed by atoms with Crippen molar-refractivity contribution in [2.75, 3.05) is 13.7 Å². The molecule has 2 unspecified atom stereocenters. The van der Waals surface area contributed by atoms with Crippen molar-refractivity contribution in [2.24, 2.45) is 5.92 Å². The second-order valence-electron chi connectivity index (χ2n) is 3.36. The Bertz CT molecular complexity index is 370. The van der Waals surface area contributed by atoms with Crippen molar-refractivity contribution in [3.05, 3.63) is 0 Å². The first kappa shape index (κ1) is 15.3. The first-order chi connectivity index (χ1) is 8.26. The maximum atomic E-state index is 11.5. The zero-order valence-corrected chi connectivity index (χ0v) is 11.3. The predicted molar refractivity (Wildman–Crippen MR) is 61.8 cm³/mol. The van der Waals surface area contributed by atoms with Gasteiger partial charge < -0.3 is 10.1 Å². The van der Waals surface area contributed by atoms with Gasteiger partial charge in [0.2, 0.25) is 9.70 Å². The van der Waals surface area contributed by atoms with E-state index in [1.807, 2.05) is 5.48 Å². The quantitative estimate of drug-likeness (QED) is 0.244. The number of methoxy groups -OCH3 is 1. The van der Waals surface area contributed by atoms with Crippen LogP contribution in [0.15, 0.2) is 0 Å². The van der Waals surface area contributed by atoms with Crippen molar-refractivity contribution < 1.29 is 24.0 Å². The van der Waals surface area contributed by atoms with Crippen molar-refractivity contribution in [2.45, 2.75) is 9.83 Å². The number of alkyl halides is 3. The summed E-state index contributed by atoms with van der Waals surface area (Å²) >= 11 is 16.1. The molecular weight excluding hydrogens is 310 g/mol. The number of hydrogen-bond acceptors (Lipinski definition) is 5. The van der Waals surface area contributed by atoms with E-state index >= 15 is 0 Å². The summed E-state index contributed by atoms with van der Waals surface area (Å²) in [6.07, 6.45) is 0. The van der Waals surface area contributed by atoms with Crippen molar-refractivity contribution in [1.29, 1.82) is 0 Å². The zero-order valence-electron chi connectivity index (χ0n) is 9.04. The number of halogens is 3. The van der Waals surface area contributed by atoms with E-state index in [1.54, 1.807) is 0 Å². The molecule has 102 valence electrons. The van der Waals surface area contributed by atoms with E-state index in [-0.39, 0.29) is 0 Å². The van der Waals surface area contributed by atoms with Crippen LogP contribution in [0.5, 0.6) is 0 Å². The fourth-order valence-electron chi connectivity index (χ4n) is 1.23. The second kappa shape index (κ2) is 5.92. The molecule has 0 aromatic heterocycles. The number of rotatable bonds is 4. The second-order valence-corrected chi connectivity index (χ2v) is 5.87. The molecule has 0 aromatic carbocycles. The first-order valence-corrected chi connectivity index (χ1v) is 5.76. The highest BCUT2D eigenvalue weighted by Gasteiger charge is 2.49. The molecule has 18 heavy (non-hydrogen) atoms. The molecule has 10 heteroatoms. The van der Waals surface area contributed by atoms with Gasteiger partial charge in [-0.2, -0.15) is 0 Å². The summed E-state index contributed by atoms with van der Waals surface area (Å²) in [7, 11) is 1.14. The number of carbonyl (C=O) groups is 3. The van der Waals surface area contributed by atoms with E-state index < -0.39 is 40.1 Å².